The van der Waals surface area contributed by atoms with E-state index in [-0.39, 0.29) is 10.8 Å². The van der Waals surface area contributed by atoms with Crippen molar-refractivity contribution in [1.29, 1.82) is 0 Å². The molecular weight excluding hydrogens is 412 g/mol. The van der Waals surface area contributed by atoms with E-state index in [0.29, 0.717) is 34.7 Å². The van der Waals surface area contributed by atoms with Crippen LogP contribution in [0.4, 0.5) is 5.69 Å². The van der Waals surface area contributed by atoms with Crippen LogP contribution in [0.2, 0.25) is 0 Å². The number of furan rings is 1. The summed E-state index contributed by atoms with van der Waals surface area (Å²) < 4.78 is 34.5. The van der Waals surface area contributed by atoms with E-state index in [0.717, 1.165) is 16.9 Å². The van der Waals surface area contributed by atoms with Crippen molar-refractivity contribution in [2.45, 2.75) is 46.1 Å². The van der Waals surface area contributed by atoms with Gasteiger partial charge in [-0.3, -0.25) is 9.52 Å². The van der Waals surface area contributed by atoms with Crippen LogP contribution in [0.25, 0.3) is 0 Å². The van der Waals surface area contributed by atoms with Gasteiger partial charge in [-0.2, -0.15) is 0 Å². The first-order valence-corrected chi connectivity index (χ1v) is 11.5. The molecule has 2 aromatic carbocycles. The van der Waals surface area contributed by atoms with Gasteiger partial charge in [-0.25, -0.2) is 8.42 Å². The third-order valence-corrected chi connectivity index (χ3v) is 6.81. The summed E-state index contributed by atoms with van der Waals surface area (Å²) in [6.45, 7) is 9.48. The Balaban J connectivity index is 1.88. The molecule has 0 fully saturated rings. The molecule has 6 nitrogen and oxygen atoms in total. The van der Waals surface area contributed by atoms with Gasteiger partial charge in [0.15, 0.2) is 0 Å². The molecule has 7 heteroatoms. The lowest BCUT2D eigenvalue weighted by Gasteiger charge is -2.18. The Morgan fingerprint density at radius 1 is 0.935 bits per heavy atom. The predicted octanol–water partition coefficient (Wildman–Crippen LogP) is 4.89. The molecule has 0 saturated carbocycles. The highest BCUT2D eigenvalue weighted by atomic mass is 32.2. The number of carbonyl (C=O) groups is 1. The molecule has 3 aromatic rings. The normalized spacial score (nSPS) is 11.4. The largest absolute Gasteiger partial charge is 0.464 e. The highest BCUT2D eigenvalue weighted by molar-refractivity contribution is 7.92. The Morgan fingerprint density at radius 3 is 2.16 bits per heavy atom. The van der Waals surface area contributed by atoms with Crippen LogP contribution < -0.4 is 4.72 Å². The van der Waals surface area contributed by atoms with Crippen molar-refractivity contribution in [2.24, 2.45) is 0 Å². The molecule has 1 N–H and O–H groups in total. The van der Waals surface area contributed by atoms with Crippen LogP contribution in [0.15, 0.2) is 51.8 Å². The van der Waals surface area contributed by atoms with Crippen molar-refractivity contribution >= 4 is 21.6 Å². The van der Waals surface area contributed by atoms with Gasteiger partial charge in [-0.15, -0.1) is 0 Å². The lowest BCUT2D eigenvalue weighted by Crippen LogP contribution is -2.26. The molecule has 0 bridgehead atoms. The Labute approximate surface area is 183 Å². The number of anilines is 1. The lowest BCUT2D eigenvalue weighted by atomic mass is 10.1. The van der Waals surface area contributed by atoms with Gasteiger partial charge in [0.2, 0.25) is 0 Å². The Kier molecular flexibility index (Phi) is 6.27. The van der Waals surface area contributed by atoms with Gasteiger partial charge in [-0.05, 0) is 75.6 Å². The van der Waals surface area contributed by atoms with E-state index in [4.69, 9.17) is 4.42 Å². The van der Waals surface area contributed by atoms with Gasteiger partial charge in [0.1, 0.15) is 11.5 Å². The van der Waals surface area contributed by atoms with Crippen LogP contribution in [-0.4, -0.2) is 26.3 Å². The molecule has 31 heavy (non-hydrogen) atoms. The van der Waals surface area contributed by atoms with Crippen LogP contribution in [0.3, 0.4) is 0 Å². The minimum atomic E-state index is -3.81. The van der Waals surface area contributed by atoms with E-state index in [1.807, 2.05) is 38.1 Å². The molecule has 0 aliphatic heterocycles. The Bertz CT molecular complexity index is 1220. The first kappa shape index (κ1) is 22.6. The highest BCUT2D eigenvalue weighted by Gasteiger charge is 2.22. The van der Waals surface area contributed by atoms with Crippen molar-refractivity contribution in [3.05, 3.63) is 81.8 Å². The SMILES string of the molecule is Cc1cc(C)c(S(=O)(=O)Nc2cc(C(=O)N(C)Cc3ccc(C)o3)ccc2C)c(C)c1. The minimum Gasteiger partial charge on any atom is -0.464 e. The van der Waals surface area contributed by atoms with Crippen LogP contribution in [0.5, 0.6) is 0 Å². The summed E-state index contributed by atoms with van der Waals surface area (Å²) in [7, 11) is -2.13. The highest BCUT2D eigenvalue weighted by Crippen LogP contribution is 2.27. The summed E-state index contributed by atoms with van der Waals surface area (Å²) in [6, 6.07) is 12.4. The fourth-order valence-electron chi connectivity index (χ4n) is 3.75. The fourth-order valence-corrected chi connectivity index (χ4v) is 5.32. The molecule has 3 rings (SSSR count). The van der Waals surface area contributed by atoms with Gasteiger partial charge < -0.3 is 9.32 Å². The summed E-state index contributed by atoms with van der Waals surface area (Å²) in [5.41, 5.74) is 3.88. The third-order valence-electron chi connectivity index (χ3n) is 5.14. The number of carbonyl (C=O) groups excluding carboxylic acids is 1. The Morgan fingerprint density at radius 2 is 1.58 bits per heavy atom. The molecular formula is C24H28N2O4S. The Hall–Kier alpha value is -3.06. The standard InChI is InChI=1S/C24H28N2O4S/c1-15-11-17(3)23(18(4)12-15)31(28,29)25-22-13-20(9-7-16(22)2)24(27)26(6)14-21-10-8-19(5)30-21/h7-13,25H,14H2,1-6H3. The van der Waals surface area contributed by atoms with Crippen LogP contribution >= 0.6 is 0 Å². The third kappa shape index (κ3) is 4.99. The average molecular weight is 441 g/mol. The van der Waals surface area contributed by atoms with Gasteiger partial charge in [0, 0.05) is 12.6 Å². The van der Waals surface area contributed by atoms with Crippen molar-refractivity contribution in [1.82, 2.24) is 4.90 Å². The molecule has 1 heterocycles. The molecule has 0 saturated heterocycles. The zero-order valence-electron chi connectivity index (χ0n) is 18.7. The minimum absolute atomic E-state index is 0.225. The van der Waals surface area contributed by atoms with Crippen molar-refractivity contribution in [3.63, 3.8) is 0 Å². The van der Waals surface area contributed by atoms with E-state index in [1.54, 1.807) is 46.0 Å². The molecule has 1 amide bonds. The summed E-state index contributed by atoms with van der Waals surface area (Å²) in [6.07, 6.45) is 0. The van der Waals surface area contributed by atoms with Crippen molar-refractivity contribution in [2.75, 3.05) is 11.8 Å². The van der Waals surface area contributed by atoms with Crippen LogP contribution in [0.1, 0.15) is 44.1 Å². The molecule has 0 aliphatic rings. The number of amides is 1. The van der Waals surface area contributed by atoms with Gasteiger partial charge in [0.05, 0.1) is 17.1 Å². The molecule has 0 spiro atoms. The first-order valence-electron chi connectivity index (χ1n) is 10.00. The maximum Gasteiger partial charge on any atom is 0.262 e. The van der Waals surface area contributed by atoms with E-state index in [9.17, 15) is 13.2 Å². The lowest BCUT2D eigenvalue weighted by molar-refractivity contribution is 0.0775. The van der Waals surface area contributed by atoms with E-state index < -0.39 is 10.0 Å². The van der Waals surface area contributed by atoms with Gasteiger partial charge in [-0.1, -0.05) is 23.8 Å². The molecule has 0 unspecified atom stereocenters. The van der Waals surface area contributed by atoms with Gasteiger partial charge in [0.25, 0.3) is 15.9 Å². The number of hydrogen-bond donors (Lipinski definition) is 1. The summed E-state index contributed by atoms with van der Waals surface area (Å²) in [5, 5.41) is 0. The van der Waals surface area contributed by atoms with Crippen molar-refractivity contribution < 1.29 is 17.6 Å². The molecule has 1 aromatic heterocycles. The van der Waals surface area contributed by atoms with Gasteiger partial charge >= 0.3 is 0 Å². The predicted molar refractivity (Wildman–Crippen MR) is 122 cm³/mol. The van der Waals surface area contributed by atoms with E-state index in [1.165, 1.54) is 4.90 Å². The van der Waals surface area contributed by atoms with E-state index >= 15 is 0 Å². The average Bonchev–Trinajstić information content (AvgIpc) is 3.06. The summed E-state index contributed by atoms with van der Waals surface area (Å²) >= 11 is 0. The smallest absolute Gasteiger partial charge is 0.262 e. The monoisotopic (exact) mass is 440 g/mol. The molecule has 0 radical (unpaired) electrons. The second-order valence-electron chi connectivity index (χ2n) is 8.04. The van der Waals surface area contributed by atoms with E-state index in [2.05, 4.69) is 4.72 Å². The van der Waals surface area contributed by atoms with Crippen LogP contribution in [0, 0.1) is 34.6 Å². The quantitative estimate of drug-likeness (QED) is 0.592. The topological polar surface area (TPSA) is 79.6 Å². The number of rotatable bonds is 6. The maximum absolute atomic E-state index is 13.1. The zero-order chi connectivity index (χ0) is 22.9. The zero-order valence-corrected chi connectivity index (χ0v) is 19.6. The first-order chi connectivity index (χ1) is 14.5. The van der Waals surface area contributed by atoms with Crippen LogP contribution in [-0.2, 0) is 16.6 Å². The number of hydrogen-bond acceptors (Lipinski definition) is 4. The number of aryl methyl sites for hydroxylation is 5. The maximum atomic E-state index is 13.1. The number of benzene rings is 2. The molecule has 164 valence electrons. The summed E-state index contributed by atoms with van der Waals surface area (Å²) in [4.78, 5) is 14.7. The second kappa shape index (κ2) is 8.59. The number of nitrogens with one attached hydrogen (secondary N) is 1. The fraction of sp³-hybridized carbons (Fsp3) is 0.292. The number of nitrogens with zero attached hydrogens (tertiary/aromatic N) is 1. The summed E-state index contributed by atoms with van der Waals surface area (Å²) in [5.74, 6) is 1.24. The molecule has 0 aliphatic carbocycles. The molecule has 0 atom stereocenters. The number of sulfonamides is 1. The van der Waals surface area contributed by atoms with Crippen molar-refractivity contribution in [3.8, 4) is 0 Å². The second-order valence-corrected chi connectivity index (χ2v) is 9.66.